The molecule has 2 amide bonds. The number of halogens is 2. The highest BCUT2D eigenvalue weighted by atomic mass is 35.5. The average Bonchev–Trinajstić information content (AvgIpc) is 3.14. The van der Waals surface area contributed by atoms with Gasteiger partial charge in [-0.05, 0) is 49.6 Å². The van der Waals surface area contributed by atoms with E-state index in [1.165, 1.54) is 17.8 Å². The summed E-state index contributed by atoms with van der Waals surface area (Å²) in [5.74, 6) is 0.402. The third-order valence-corrected chi connectivity index (χ3v) is 7.03. The van der Waals surface area contributed by atoms with Crippen molar-refractivity contribution in [1.29, 1.82) is 0 Å². The predicted molar refractivity (Wildman–Crippen MR) is 138 cm³/mol. The van der Waals surface area contributed by atoms with Crippen LogP contribution in [0.2, 0.25) is 10.0 Å². The molecule has 0 fully saturated rings. The molecule has 3 rings (SSSR count). The summed E-state index contributed by atoms with van der Waals surface area (Å²) in [5.41, 5.74) is 3.35. The summed E-state index contributed by atoms with van der Waals surface area (Å²) in [6.45, 7) is 7.94. The third-order valence-electron chi connectivity index (χ3n) is 5.27. The van der Waals surface area contributed by atoms with E-state index in [1.807, 2.05) is 52.9 Å². The van der Waals surface area contributed by atoms with Gasteiger partial charge < -0.3 is 15.2 Å². The summed E-state index contributed by atoms with van der Waals surface area (Å²) in [6, 6.07) is 10.2. The predicted octanol–water partition coefficient (Wildman–Crippen LogP) is 5.60. The Morgan fingerprint density at radius 3 is 2.44 bits per heavy atom. The number of rotatable bonds is 8. The molecular weight excluding hydrogens is 493 g/mol. The Morgan fingerprint density at radius 2 is 1.79 bits per heavy atom. The van der Waals surface area contributed by atoms with Crippen molar-refractivity contribution in [2.45, 2.75) is 38.9 Å². The molecule has 0 unspecified atom stereocenters. The molecule has 0 saturated carbocycles. The third kappa shape index (κ3) is 6.31. The van der Waals surface area contributed by atoms with Gasteiger partial charge in [0.25, 0.3) is 5.91 Å². The van der Waals surface area contributed by atoms with Crippen molar-refractivity contribution in [2.24, 2.45) is 13.0 Å². The molecule has 0 aliphatic carbocycles. The molecule has 2 N–H and O–H groups in total. The van der Waals surface area contributed by atoms with Crippen LogP contribution >= 0.6 is 35.0 Å². The number of thioether (sulfide) groups is 1. The van der Waals surface area contributed by atoms with Crippen molar-refractivity contribution in [3.05, 3.63) is 69.0 Å². The number of hydrogen-bond donors (Lipinski definition) is 2. The molecule has 10 heteroatoms. The van der Waals surface area contributed by atoms with E-state index in [0.717, 1.165) is 16.8 Å². The average molecular weight is 520 g/mol. The minimum atomic E-state index is -0.391. The molecule has 3 aromatic rings. The highest BCUT2D eigenvalue weighted by Gasteiger charge is 2.25. The molecule has 180 valence electrons. The molecule has 7 nitrogen and oxygen atoms in total. The fraction of sp³-hybridized carbons (Fsp3) is 0.333. The van der Waals surface area contributed by atoms with Gasteiger partial charge in [0, 0.05) is 18.3 Å². The van der Waals surface area contributed by atoms with Crippen molar-refractivity contribution >= 4 is 52.5 Å². The first-order valence-corrected chi connectivity index (χ1v) is 12.5. The second kappa shape index (κ2) is 11.3. The zero-order valence-corrected chi connectivity index (χ0v) is 22.0. The minimum absolute atomic E-state index is 0.0419. The second-order valence-electron chi connectivity index (χ2n) is 8.38. The van der Waals surface area contributed by atoms with Gasteiger partial charge in [0.05, 0.1) is 21.8 Å². The van der Waals surface area contributed by atoms with Gasteiger partial charge in [-0.25, -0.2) is 0 Å². The molecule has 1 atom stereocenters. The number of aryl methyl sites for hydroxylation is 2. The monoisotopic (exact) mass is 519 g/mol. The Labute approximate surface area is 213 Å². The van der Waals surface area contributed by atoms with Crippen LogP contribution in [0.15, 0.2) is 41.6 Å². The van der Waals surface area contributed by atoms with Gasteiger partial charge in [0.2, 0.25) is 5.91 Å². The number of benzene rings is 2. The molecule has 0 aliphatic rings. The van der Waals surface area contributed by atoms with Crippen LogP contribution in [-0.2, 0) is 11.8 Å². The fourth-order valence-electron chi connectivity index (χ4n) is 3.38. The highest BCUT2D eigenvalue weighted by Crippen LogP contribution is 2.26. The Morgan fingerprint density at radius 1 is 1.06 bits per heavy atom. The van der Waals surface area contributed by atoms with E-state index >= 15 is 0 Å². The van der Waals surface area contributed by atoms with Gasteiger partial charge in [0.15, 0.2) is 11.0 Å². The lowest BCUT2D eigenvalue weighted by Crippen LogP contribution is -2.33. The zero-order chi connectivity index (χ0) is 25.0. The molecule has 1 aromatic heterocycles. The lowest BCUT2D eigenvalue weighted by atomic mass is 10.0. The van der Waals surface area contributed by atoms with E-state index in [1.54, 1.807) is 16.7 Å². The molecule has 2 aromatic carbocycles. The normalized spacial score (nSPS) is 12.0. The molecule has 0 aliphatic heterocycles. The fourth-order valence-corrected chi connectivity index (χ4v) is 4.40. The van der Waals surface area contributed by atoms with Crippen LogP contribution in [0.25, 0.3) is 0 Å². The summed E-state index contributed by atoms with van der Waals surface area (Å²) in [6.07, 6.45) is 0. The van der Waals surface area contributed by atoms with Crippen LogP contribution in [0.1, 0.15) is 47.2 Å². The Hall–Kier alpha value is -2.55. The smallest absolute Gasteiger partial charge is 0.251 e. The maximum absolute atomic E-state index is 12.8. The largest absolute Gasteiger partial charge is 0.342 e. The van der Waals surface area contributed by atoms with Gasteiger partial charge in [-0.1, -0.05) is 66.5 Å². The van der Waals surface area contributed by atoms with E-state index in [0.29, 0.717) is 26.6 Å². The maximum Gasteiger partial charge on any atom is 0.251 e. The van der Waals surface area contributed by atoms with E-state index in [-0.39, 0.29) is 23.5 Å². The second-order valence-corrected chi connectivity index (χ2v) is 10.1. The standard InChI is InChI=1S/C24H27Cl2N5O2S/c1-13(2)21(28-23(33)16-7-8-17(25)18(26)11-16)22-29-30-24(31(22)5)34-12-20(32)27-19-9-6-14(3)10-15(19)4/h6-11,13,21H,12H2,1-5H3,(H,27,32)(H,28,33)/t21-/m0/s1. The Kier molecular flexibility index (Phi) is 8.62. The van der Waals surface area contributed by atoms with Crippen molar-refractivity contribution in [3.63, 3.8) is 0 Å². The maximum atomic E-state index is 12.8. The topological polar surface area (TPSA) is 88.9 Å². The van der Waals surface area contributed by atoms with Crippen molar-refractivity contribution in [1.82, 2.24) is 20.1 Å². The van der Waals surface area contributed by atoms with Gasteiger partial charge in [-0.3, -0.25) is 9.59 Å². The number of carbonyl (C=O) groups excluding carboxylic acids is 2. The number of nitrogens with zero attached hydrogens (tertiary/aromatic N) is 3. The molecule has 0 radical (unpaired) electrons. The van der Waals surface area contributed by atoms with E-state index in [4.69, 9.17) is 23.2 Å². The number of anilines is 1. The van der Waals surface area contributed by atoms with Crippen LogP contribution in [0.3, 0.4) is 0 Å². The number of hydrogen-bond acceptors (Lipinski definition) is 5. The van der Waals surface area contributed by atoms with Crippen LogP contribution in [0.4, 0.5) is 5.69 Å². The Bertz CT molecular complexity index is 1210. The summed E-state index contributed by atoms with van der Waals surface area (Å²) < 4.78 is 1.80. The molecule has 1 heterocycles. The van der Waals surface area contributed by atoms with Crippen LogP contribution < -0.4 is 10.6 Å². The highest BCUT2D eigenvalue weighted by molar-refractivity contribution is 7.99. The van der Waals surface area contributed by atoms with Crippen molar-refractivity contribution < 1.29 is 9.59 Å². The molecule has 0 bridgehead atoms. The van der Waals surface area contributed by atoms with Crippen LogP contribution in [0, 0.1) is 19.8 Å². The summed E-state index contributed by atoms with van der Waals surface area (Å²) in [7, 11) is 1.82. The lowest BCUT2D eigenvalue weighted by molar-refractivity contribution is -0.113. The zero-order valence-electron chi connectivity index (χ0n) is 19.6. The number of carbonyl (C=O) groups is 2. The van der Waals surface area contributed by atoms with Gasteiger partial charge in [0.1, 0.15) is 0 Å². The Balaban J connectivity index is 1.68. The van der Waals surface area contributed by atoms with E-state index < -0.39 is 6.04 Å². The summed E-state index contributed by atoms with van der Waals surface area (Å²) >= 11 is 13.3. The summed E-state index contributed by atoms with van der Waals surface area (Å²) in [5, 5.41) is 15.8. The quantitative estimate of drug-likeness (QED) is 0.378. The first-order chi connectivity index (χ1) is 16.1. The van der Waals surface area contributed by atoms with E-state index in [2.05, 4.69) is 20.8 Å². The lowest BCUT2D eigenvalue weighted by Gasteiger charge is -2.22. The van der Waals surface area contributed by atoms with Gasteiger partial charge in [-0.15, -0.1) is 10.2 Å². The van der Waals surface area contributed by atoms with Gasteiger partial charge in [-0.2, -0.15) is 0 Å². The van der Waals surface area contributed by atoms with Crippen LogP contribution in [0.5, 0.6) is 0 Å². The summed E-state index contributed by atoms with van der Waals surface area (Å²) in [4.78, 5) is 25.3. The number of amides is 2. The molecular formula is C24H27Cl2N5O2S. The molecule has 0 saturated heterocycles. The first-order valence-electron chi connectivity index (χ1n) is 10.7. The first kappa shape index (κ1) is 26.1. The number of aromatic nitrogens is 3. The number of nitrogens with one attached hydrogen (secondary N) is 2. The molecule has 0 spiro atoms. The van der Waals surface area contributed by atoms with Crippen molar-refractivity contribution in [3.8, 4) is 0 Å². The van der Waals surface area contributed by atoms with Crippen molar-refractivity contribution in [2.75, 3.05) is 11.1 Å². The molecule has 34 heavy (non-hydrogen) atoms. The SMILES string of the molecule is Cc1ccc(NC(=O)CSc2nnc([C@@H](NC(=O)c3ccc(Cl)c(Cl)c3)C(C)C)n2C)c(C)c1. The van der Waals surface area contributed by atoms with Crippen LogP contribution in [-0.4, -0.2) is 32.3 Å². The van der Waals surface area contributed by atoms with E-state index in [9.17, 15) is 9.59 Å². The van der Waals surface area contributed by atoms with Gasteiger partial charge >= 0.3 is 0 Å². The minimum Gasteiger partial charge on any atom is -0.342 e.